The van der Waals surface area contributed by atoms with E-state index < -0.39 is 50.8 Å². The number of anilines is 1. The number of amides is 2. The predicted molar refractivity (Wildman–Crippen MR) is 103 cm³/mol. The van der Waals surface area contributed by atoms with Crippen LogP contribution in [0.5, 0.6) is 0 Å². The minimum atomic E-state index is -4.79. The summed E-state index contributed by atoms with van der Waals surface area (Å²) in [5, 5.41) is 15.3. The number of aliphatic carboxylic acids is 1. The van der Waals surface area contributed by atoms with Crippen LogP contribution in [0.4, 0.5) is 5.13 Å². The average molecular weight is 468 g/mol. The lowest BCUT2D eigenvalue weighted by Gasteiger charge is -2.42. The molecule has 13 nitrogen and oxygen atoms in total. The summed E-state index contributed by atoms with van der Waals surface area (Å²) in [5.41, 5.74) is 3.27. The van der Waals surface area contributed by atoms with Crippen LogP contribution in [0, 0.1) is 0 Å². The normalized spacial score (nSPS) is 20.2. The van der Waals surface area contributed by atoms with Crippen molar-refractivity contribution >= 4 is 62.0 Å². The van der Waals surface area contributed by atoms with E-state index in [2.05, 4.69) is 15.5 Å². The monoisotopic (exact) mass is 467 g/mol. The molecule has 0 radical (unpaired) electrons. The minimum absolute atomic E-state index is 0.0368. The van der Waals surface area contributed by atoms with Crippen molar-refractivity contribution in [2.75, 3.05) is 12.0 Å². The molecule has 1 aromatic heterocycles. The standard InChI is InChI=1S/C13H17N5O8S3/c1-13(2,11(21)22)26-17-6(5-4-28-12(14)15-5)8(19)16-7-9(20)18(10(7)27-3)29(23,24)25/h4,7,10H,1-3H3,(H2,14,15)(H,16,19)(H,21,22)(H,23,24,25)/b17-6-/t7-,10-/m1/s1. The summed E-state index contributed by atoms with van der Waals surface area (Å²) in [6.45, 7) is 2.40. The summed E-state index contributed by atoms with van der Waals surface area (Å²) >= 11 is 1.88. The molecule has 2 amide bonds. The third-order valence-electron chi connectivity index (χ3n) is 3.64. The second-order valence-electron chi connectivity index (χ2n) is 6.11. The molecule has 2 atom stereocenters. The number of carbonyl (C=O) groups is 3. The summed E-state index contributed by atoms with van der Waals surface area (Å²) < 4.78 is 31.9. The number of thioether (sulfide) groups is 1. The molecule has 1 saturated heterocycles. The molecule has 160 valence electrons. The number of nitrogens with two attached hydrogens (primary N) is 1. The Kier molecular flexibility index (Phi) is 6.41. The summed E-state index contributed by atoms with van der Waals surface area (Å²) in [5.74, 6) is -3.38. The smallest absolute Gasteiger partial charge is 0.363 e. The lowest BCUT2D eigenvalue weighted by molar-refractivity contribution is -0.161. The van der Waals surface area contributed by atoms with Gasteiger partial charge in [-0.2, -0.15) is 12.7 Å². The van der Waals surface area contributed by atoms with Crippen LogP contribution < -0.4 is 11.1 Å². The third-order valence-corrected chi connectivity index (χ3v) is 6.31. The topological polar surface area (TPSA) is 202 Å². The molecule has 1 fully saturated rings. The fraction of sp³-hybridized carbons (Fsp3) is 0.462. The molecule has 2 rings (SSSR count). The van der Waals surface area contributed by atoms with E-state index in [1.54, 1.807) is 0 Å². The lowest BCUT2D eigenvalue weighted by Crippen LogP contribution is -2.71. The highest BCUT2D eigenvalue weighted by molar-refractivity contribution is 8.00. The van der Waals surface area contributed by atoms with E-state index in [0.717, 1.165) is 23.1 Å². The van der Waals surface area contributed by atoms with Crippen LogP contribution in [0.25, 0.3) is 0 Å². The van der Waals surface area contributed by atoms with Crippen LogP contribution in [0.1, 0.15) is 19.5 Å². The Bertz CT molecular complexity index is 973. The van der Waals surface area contributed by atoms with Crippen molar-refractivity contribution in [2.45, 2.75) is 30.9 Å². The number of carbonyl (C=O) groups excluding carboxylic acids is 2. The van der Waals surface area contributed by atoms with Gasteiger partial charge in [0, 0.05) is 5.38 Å². The van der Waals surface area contributed by atoms with Crippen LogP contribution in [0.3, 0.4) is 0 Å². The Balaban J connectivity index is 2.29. The van der Waals surface area contributed by atoms with Gasteiger partial charge in [-0.25, -0.2) is 9.78 Å². The number of thiazole rings is 1. The van der Waals surface area contributed by atoms with Crippen LogP contribution in [0.15, 0.2) is 10.5 Å². The van der Waals surface area contributed by atoms with Crippen molar-refractivity contribution in [1.29, 1.82) is 0 Å². The zero-order chi connectivity index (χ0) is 22.1. The van der Waals surface area contributed by atoms with Gasteiger partial charge in [0.25, 0.3) is 11.8 Å². The van der Waals surface area contributed by atoms with Crippen molar-refractivity contribution in [1.82, 2.24) is 14.6 Å². The Hall–Kier alpha value is -2.43. The number of nitrogen functional groups attached to an aromatic ring is 1. The number of carboxylic acids is 1. The van der Waals surface area contributed by atoms with E-state index in [9.17, 15) is 22.8 Å². The predicted octanol–water partition coefficient (Wildman–Crippen LogP) is -0.872. The zero-order valence-electron chi connectivity index (χ0n) is 15.2. The number of oxime groups is 1. The van der Waals surface area contributed by atoms with Crippen LogP contribution >= 0.6 is 23.1 Å². The molecule has 0 aliphatic carbocycles. The number of nitrogens with zero attached hydrogens (tertiary/aromatic N) is 3. The number of aromatic nitrogens is 1. The van der Waals surface area contributed by atoms with Gasteiger partial charge in [0.1, 0.15) is 17.1 Å². The zero-order valence-corrected chi connectivity index (χ0v) is 17.7. The minimum Gasteiger partial charge on any atom is -0.478 e. The number of hydrogen-bond acceptors (Lipinski definition) is 11. The molecule has 5 N–H and O–H groups in total. The molecule has 16 heteroatoms. The van der Waals surface area contributed by atoms with Crippen molar-refractivity contribution in [3.8, 4) is 0 Å². The van der Waals surface area contributed by atoms with Gasteiger partial charge in [0.05, 0.1) is 0 Å². The van der Waals surface area contributed by atoms with E-state index in [0.29, 0.717) is 0 Å². The van der Waals surface area contributed by atoms with Crippen LogP contribution in [-0.2, 0) is 29.5 Å². The fourth-order valence-electron chi connectivity index (χ4n) is 2.06. The molecular formula is C13H17N5O8S3. The van der Waals surface area contributed by atoms with Crippen molar-refractivity contribution in [3.05, 3.63) is 11.1 Å². The first-order valence-corrected chi connectivity index (χ1v) is 11.2. The maximum absolute atomic E-state index is 12.7. The van der Waals surface area contributed by atoms with E-state index in [1.807, 2.05) is 0 Å². The summed E-state index contributed by atoms with van der Waals surface area (Å²) in [6.07, 6.45) is 1.48. The van der Waals surface area contributed by atoms with Gasteiger partial charge in [0.15, 0.2) is 10.8 Å². The first kappa shape index (κ1) is 22.9. The first-order chi connectivity index (χ1) is 13.3. The average Bonchev–Trinajstić information content (AvgIpc) is 3.01. The summed E-state index contributed by atoms with van der Waals surface area (Å²) in [4.78, 5) is 44.7. The van der Waals surface area contributed by atoms with Gasteiger partial charge >= 0.3 is 16.3 Å². The largest absolute Gasteiger partial charge is 0.478 e. The van der Waals surface area contributed by atoms with Crippen LogP contribution in [0.2, 0.25) is 0 Å². The maximum Gasteiger partial charge on any atom is 0.363 e. The highest BCUT2D eigenvalue weighted by Crippen LogP contribution is 2.30. The third kappa shape index (κ3) is 4.77. The molecule has 0 unspecified atom stereocenters. The fourth-order valence-corrected chi connectivity index (χ4v) is 4.67. The Morgan fingerprint density at radius 3 is 2.55 bits per heavy atom. The Morgan fingerprint density at radius 1 is 1.48 bits per heavy atom. The summed E-state index contributed by atoms with van der Waals surface area (Å²) in [7, 11) is -4.79. The van der Waals surface area contributed by atoms with Crippen molar-refractivity contribution in [2.24, 2.45) is 5.16 Å². The number of nitrogens with one attached hydrogen (secondary N) is 1. The van der Waals surface area contributed by atoms with Crippen molar-refractivity contribution < 1.29 is 37.3 Å². The van der Waals surface area contributed by atoms with Gasteiger partial charge in [0.2, 0.25) is 5.60 Å². The molecular weight excluding hydrogens is 450 g/mol. The Labute approximate surface area is 173 Å². The SMILES string of the molecule is CS[C@@H]1[C@H](NC(=O)/C(=N\OC(C)(C)C(=O)O)c2csc(N)n2)C(=O)N1S(=O)(=O)O. The maximum atomic E-state index is 12.7. The number of hydrogen-bond donors (Lipinski definition) is 4. The van der Waals surface area contributed by atoms with E-state index in [-0.39, 0.29) is 15.1 Å². The highest BCUT2D eigenvalue weighted by atomic mass is 32.2. The molecule has 1 aromatic rings. The van der Waals surface area contributed by atoms with Gasteiger partial charge in [-0.3, -0.25) is 14.1 Å². The first-order valence-electron chi connectivity index (χ1n) is 7.65. The second-order valence-corrected chi connectivity index (χ2v) is 9.24. The quantitative estimate of drug-likeness (QED) is 0.160. The molecule has 1 aliphatic heterocycles. The molecule has 0 aromatic carbocycles. The van der Waals surface area contributed by atoms with E-state index in [1.165, 1.54) is 25.5 Å². The second kappa shape index (κ2) is 8.13. The molecule has 0 spiro atoms. The molecule has 1 aliphatic rings. The number of rotatable bonds is 8. The van der Waals surface area contributed by atoms with E-state index in [4.69, 9.17) is 20.2 Å². The van der Waals surface area contributed by atoms with Crippen LogP contribution in [-0.4, -0.2) is 74.1 Å². The summed E-state index contributed by atoms with van der Waals surface area (Å²) in [6, 6.07) is -1.28. The molecule has 29 heavy (non-hydrogen) atoms. The van der Waals surface area contributed by atoms with Gasteiger partial charge in [-0.05, 0) is 20.1 Å². The van der Waals surface area contributed by atoms with E-state index >= 15 is 0 Å². The number of carboxylic acid groups (broad SMARTS) is 1. The van der Waals surface area contributed by atoms with Crippen molar-refractivity contribution in [3.63, 3.8) is 0 Å². The Morgan fingerprint density at radius 2 is 2.10 bits per heavy atom. The van der Waals surface area contributed by atoms with Gasteiger partial charge in [-0.1, -0.05) is 5.16 Å². The molecule has 2 heterocycles. The lowest BCUT2D eigenvalue weighted by atomic mass is 10.1. The molecule has 0 saturated carbocycles. The number of β-lactam (4-membered cyclic amide) rings is 1. The molecule has 0 bridgehead atoms. The van der Waals surface area contributed by atoms with Gasteiger partial charge < -0.3 is 21.0 Å². The van der Waals surface area contributed by atoms with Gasteiger partial charge in [-0.15, -0.1) is 23.1 Å². The highest BCUT2D eigenvalue weighted by Gasteiger charge is 2.54.